The van der Waals surface area contributed by atoms with E-state index in [1.54, 1.807) is 29.0 Å². The van der Waals surface area contributed by atoms with Crippen molar-refractivity contribution in [1.29, 1.82) is 0 Å². The molecule has 0 unspecified atom stereocenters. The second-order valence-corrected chi connectivity index (χ2v) is 8.35. The molecular formula is C19H26BrFN4O3. The normalized spacial score (nSPS) is 21.9. The molecule has 0 radical (unpaired) electrons. The molecule has 28 heavy (non-hydrogen) atoms. The first-order valence-corrected chi connectivity index (χ1v) is 10.3. The minimum Gasteiger partial charge on any atom is -0.396 e. The highest BCUT2D eigenvalue weighted by Crippen LogP contribution is 2.32. The van der Waals surface area contributed by atoms with Crippen molar-refractivity contribution in [1.82, 2.24) is 20.4 Å². The summed E-state index contributed by atoms with van der Waals surface area (Å²) in [4.78, 5) is 28.4. The zero-order valence-electron chi connectivity index (χ0n) is 15.8. The lowest BCUT2D eigenvalue weighted by Gasteiger charge is -2.42. The van der Waals surface area contributed by atoms with Gasteiger partial charge in [0, 0.05) is 55.3 Å². The van der Waals surface area contributed by atoms with E-state index in [2.05, 4.69) is 26.6 Å². The molecule has 4 amide bonds. The van der Waals surface area contributed by atoms with Gasteiger partial charge in [0.15, 0.2) is 0 Å². The summed E-state index contributed by atoms with van der Waals surface area (Å²) in [6, 6.07) is 4.22. The topological polar surface area (TPSA) is 84.9 Å². The number of aliphatic hydroxyl groups is 1. The van der Waals surface area contributed by atoms with Crippen molar-refractivity contribution in [2.75, 3.05) is 26.7 Å². The average molecular weight is 457 g/mol. The molecular weight excluding hydrogens is 431 g/mol. The van der Waals surface area contributed by atoms with Gasteiger partial charge in [0.2, 0.25) is 0 Å². The molecule has 2 atom stereocenters. The molecule has 1 aromatic rings. The van der Waals surface area contributed by atoms with Crippen molar-refractivity contribution in [3.05, 3.63) is 34.1 Å². The molecule has 3 rings (SSSR count). The Hall–Kier alpha value is -1.87. The van der Waals surface area contributed by atoms with Crippen molar-refractivity contribution in [2.45, 2.75) is 37.9 Å². The number of nitrogens with one attached hydrogen (secondary N) is 2. The molecule has 1 saturated heterocycles. The van der Waals surface area contributed by atoms with Crippen LogP contribution >= 0.6 is 15.9 Å². The van der Waals surface area contributed by atoms with E-state index in [1.807, 2.05) is 0 Å². The summed E-state index contributed by atoms with van der Waals surface area (Å²) in [5.74, 6) is -0.453. The second-order valence-electron chi connectivity index (χ2n) is 7.43. The van der Waals surface area contributed by atoms with Crippen LogP contribution in [0.5, 0.6) is 0 Å². The molecule has 9 heteroatoms. The van der Waals surface area contributed by atoms with Crippen LogP contribution in [0.15, 0.2) is 22.7 Å². The fourth-order valence-electron chi connectivity index (χ4n) is 3.74. The third-order valence-corrected chi connectivity index (χ3v) is 5.78. The summed E-state index contributed by atoms with van der Waals surface area (Å²) >= 11 is 3.22. The molecule has 1 aliphatic carbocycles. The number of urea groups is 2. The fourth-order valence-corrected chi connectivity index (χ4v) is 4.08. The van der Waals surface area contributed by atoms with Gasteiger partial charge in [-0.05, 0) is 31.4 Å². The van der Waals surface area contributed by atoms with Crippen molar-refractivity contribution in [3.63, 3.8) is 0 Å². The molecule has 0 aromatic heterocycles. The maximum absolute atomic E-state index is 14.0. The number of benzene rings is 1. The first kappa shape index (κ1) is 20.9. The third kappa shape index (κ3) is 4.94. The van der Waals surface area contributed by atoms with E-state index in [0.29, 0.717) is 29.5 Å². The summed E-state index contributed by atoms with van der Waals surface area (Å²) in [5.41, 5.74) is 0.413. The summed E-state index contributed by atoms with van der Waals surface area (Å²) in [6.45, 7) is 0.953. The molecule has 1 heterocycles. The SMILES string of the molecule is CNC(=O)N1C[C@@H](CO)C[C@@H](N(C(=O)NCc2ccc(Br)cc2F)C2CC2)C1. The summed E-state index contributed by atoms with van der Waals surface area (Å²) < 4.78 is 14.7. The lowest BCUT2D eigenvalue weighted by Crippen LogP contribution is -2.58. The second kappa shape index (κ2) is 9.09. The molecule has 3 N–H and O–H groups in total. The number of likely N-dealkylation sites (tertiary alicyclic amines) is 1. The number of halogens is 2. The number of rotatable bonds is 5. The predicted octanol–water partition coefficient (Wildman–Crippen LogP) is 2.28. The van der Waals surface area contributed by atoms with Crippen LogP contribution in [0.1, 0.15) is 24.8 Å². The van der Waals surface area contributed by atoms with E-state index in [-0.39, 0.29) is 49.0 Å². The van der Waals surface area contributed by atoms with Crippen LogP contribution < -0.4 is 10.6 Å². The number of hydrogen-bond acceptors (Lipinski definition) is 3. The number of nitrogens with zero attached hydrogens (tertiary/aromatic N) is 2. The van der Waals surface area contributed by atoms with Crippen LogP contribution in [0.4, 0.5) is 14.0 Å². The van der Waals surface area contributed by atoms with E-state index >= 15 is 0 Å². The lowest BCUT2D eigenvalue weighted by atomic mass is 9.94. The van der Waals surface area contributed by atoms with Gasteiger partial charge in [-0.3, -0.25) is 0 Å². The highest BCUT2D eigenvalue weighted by molar-refractivity contribution is 9.10. The highest BCUT2D eigenvalue weighted by Gasteiger charge is 2.41. The Morgan fingerprint density at radius 1 is 1.32 bits per heavy atom. The quantitative estimate of drug-likeness (QED) is 0.635. The Kier molecular flexibility index (Phi) is 6.77. The standard InChI is InChI=1S/C19H26BrFN4O3/c1-22-18(27)24-9-12(11-26)6-16(10-24)25(15-4-5-15)19(28)23-8-13-2-3-14(20)7-17(13)21/h2-3,7,12,15-16,26H,4-6,8-11H2,1H3,(H,22,27)(H,23,28)/t12-,16+/m0/s1. The largest absolute Gasteiger partial charge is 0.396 e. The summed E-state index contributed by atoms with van der Waals surface area (Å²) in [6.07, 6.45) is 2.47. The molecule has 1 saturated carbocycles. The highest BCUT2D eigenvalue weighted by atomic mass is 79.9. The molecule has 0 spiro atoms. The van der Waals surface area contributed by atoms with Crippen LogP contribution in [0, 0.1) is 11.7 Å². The van der Waals surface area contributed by atoms with E-state index < -0.39 is 0 Å². The van der Waals surface area contributed by atoms with E-state index in [1.165, 1.54) is 6.07 Å². The predicted molar refractivity (Wildman–Crippen MR) is 106 cm³/mol. The zero-order chi connectivity index (χ0) is 20.3. The number of piperidine rings is 1. The average Bonchev–Trinajstić information content (AvgIpc) is 3.51. The Labute approximate surface area is 172 Å². The van der Waals surface area contributed by atoms with Gasteiger partial charge in [-0.15, -0.1) is 0 Å². The lowest BCUT2D eigenvalue weighted by molar-refractivity contribution is 0.0690. The number of carbonyl (C=O) groups is 2. The molecule has 1 aromatic carbocycles. The Balaban J connectivity index is 1.69. The smallest absolute Gasteiger partial charge is 0.318 e. The number of hydrogen-bond donors (Lipinski definition) is 3. The van der Waals surface area contributed by atoms with Crippen LogP contribution in [-0.2, 0) is 6.54 Å². The van der Waals surface area contributed by atoms with Crippen LogP contribution in [0.25, 0.3) is 0 Å². The first-order chi connectivity index (χ1) is 13.4. The van der Waals surface area contributed by atoms with Crippen molar-refractivity contribution in [3.8, 4) is 0 Å². The van der Waals surface area contributed by atoms with Crippen molar-refractivity contribution >= 4 is 28.0 Å². The van der Waals surface area contributed by atoms with Gasteiger partial charge in [-0.2, -0.15) is 0 Å². The molecule has 2 aliphatic rings. The number of amides is 4. The van der Waals surface area contributed by atoms with Crippen LogP contribution in [-0.4, -0.2) is 65.8 Å². The van der Waals surface area contributed by atoms with E-state index in [0.717, 1.165) is 12.8 Å². The zero-order valence-corrected chi connectivity index (χ0v) is 17.4. The molecule has 2 fully saturated rings. The molecule has 1 aliphatic heterocycles. The van der Waals surface area contributed by atoms with Crippen LogP contribution in [0.2, 0.25) is 0 Å². The number of aliphatic hydroxyl groups excluding tert-OH is 1. The molecule has 0 bridgehead atoms. The van der Waals surface area contributed by atoms with Gasteiger partial charge >= 0.3 is 12.1 Å². The van der Waals surface area contributed by atoms with E-state index in [9.17, 15) is 19.1 Å². The van der Waals surface area contributed by atoms with Gasteiger partial charge in [0.25, 0.3) is 0 Å². The Bertz CT molecular complexity index is 731. The first-order valence-electron chi connectivity index (χ1n) is 9.50. The third-order valence-electron chi connectivity index (χ3n) is 5.29. The Morgan fingerprint density at radius 3 is 2.68 bits per heavy atom. The molecule has 7 nitrogen and oxygen atoms in total. The fraction of sp³-hybridized carbons (Fsp3) is 0.579. The van der Waals surface area contributed by atoms with Gasteiger partial charge in [0.1, 0.15) is 5.82 Å². The summed E-state index contributed by atoms with van der Waals surface area (Å²) in [7, 11) is 1.57. The van der Waals surface area contributed by atoms with Gasteiger partial charge in [-0.25, -0.2) is 14.0 Å². The van der Waals surface area contributed by atoms with Crippen molar-refractivity contribution in [2.24, 2.45) is 5.92 Å². The monoisotopic (exact) mass is 456 g/mol. The summed E-state index contributed by atoms with van der Waals surface area (Å²) in [5, 5.41) is 15.1. The van der Waals surface area contributed by atoms with Gasteiger partial charge in [-0.1, -0.05) is 22.0 Å². The van der Waals surface area contributed by atoms with Crippen molar-refractivity contribution < 1.29 is 19.1 Å². The van der Waals surface area contributed by atoms with Crippen LogP contribution in [0.3, 0.4) is 0 Å². The maximum Gasteiger partial charge on any atom is 0.318 e. The minimum atomic E-state index is -0.378. The van der Waals surface area contributed by atoms with Gasteiger partial charge < -0.3 is 25.5 Å². The minimum absolute atomic E-state index is 0.0335. The molecule has 154 valence electrons. The van der Waals surface area contributed by atoms with E-state index in [4.69, 9.17) is 0 Å². The van der Waals surface area contributed by atoms with Gasteiger partial charge in [0.05, 0.1) is 6.04 Å². The Morgan fingerprint density at radius 2 is 2.07 bits per heavy atom. The maximum atomic E-state index is 14.0. The number of carbonyl (C=O) groups excluding carboxylic acids is 2.